The summed E-state index contributed by atoms with van der Waals surface area (Å²) in [4.78, 5) is 23.0. The fourth-order valence-corrected chi connectivity index (χ4v) is 4.08. The van der Waals surface area contributed by atoms with E-state index in [0.29, 0.717) is 6.42 Å². The number of nitro benzene ring substituents is 1. The summed E-state index contributed by atoms with van der Waals surface area (Å²) in [6.07, 6.45) is -4.27. The molecule has 1 aromatic rings. The molecule has 29 heavy (non-hydrogen) atoms. The lowest BCUT2D eigenvalue weighted by Crippen LogP contribution is -2.62. The molecule has 3 rings (SSSR count). The van der Waals surface area contributed by atoms with Crippen LogP contribution in [-0.2, 0) is 0 Å². The van der Waals surface area contributed by atoms with Crippen LogP contribution in [0.2, 0.25) is 0 Å². The van der Waals surface area contributed by atoms with Crippen LogP contribution in [-0.4, -0.2) is 38.6 Å². The Morgan fingerprint density at radius 2 is 2.00 bits per heavy atom. The van der Waals surface area contributed by atoms with Crippen molar-refractivity contribution in [1.82, 2.24) is 5.01 Å². The average molecular weight is 413 g/mol. The van der Waals surface area contributed by atoms with Crippen molar-refractivity contribution in [3.8, 4) is 0 Å². The van der Waals surface area contributed by atoms with Gasteiger partial charge < -0.3 is 5.11 Å². The van der Waals surface area contributed by atoms with Gasteiger partial charge in [0.1, 0.15) is 0 Å². The van der Waals surface area contributed by atoms with Crippen LogP contribution in [0.15, 0.2) is 29.4 Å². The molecule has 10 heteroatoms. The second-order valence-corrected chi connectivity index (χ2v) is 8.63. The van der Waals surface area contributed by atoms with E-state index in [0.717, 1.165) is 18.2 Å². The first kappa shape index (κ1) is 21.2. The summed E-state index contributed by atoms with van der Waals surface area (Å²) in [6.45, 7) is 5.77. The van der Waals surface area contributed by atoms with Crippen LogP contribution in [0, 0.1) is 27.4 Å². The highest BCUT2D eigenvalue weighted by molar-refractivity contribution is 5.99. The molecule has 1 saturated carbocycles. The van der Waals surface area contributed by atoms with E-state index in [9.17, 15) is 33.2 Å². The van der Waals surface area contributed by atoms with Gasteiger partial charge in [0.05, 0.1) is 10.8 Å². The monoisotopic (exact) mass is 413 g/mol. The van der Waals surface area contributed by atoms with Crippen LogP contribution in [0.4, 0.5) is 18.9 Å². The van der Waals surface area contributed by atoms with Gasteiger partial charge in [-0.25, -0.2) is 0 Å². The average Bonchev–Trinajstić information content (AvgIpc) is 2.94. The first-order valence-corrected chi connectivity index (χ1v) is 9.22. The van der Waals surface area contributed by atoms with E-state index in [2.05, 4.69) is 5.10 Å². The maximum atomic E-state index is 14.0. The van der Waals surface area contributed by atoms with Crippen LogP contribution in [0.3, 0.4) is 0 Å². The molecule has 0 aromatic heterocycles. The van der Waals surface area contributed by atoms with Crippen molar-refractivity contribution >= 4 is 17.3 Å². The number of hydrazone groups is 1. The Labute approximate surface area is 165 Å². The number of rotatable bonds is 2. The fraction of sp³-hybridized carbons (Fsp3) is 0.579. The molecule has 1 aromatic carbocycles. The van der Waals surface area contributed by atoms with E-state index in [1.54, 1.807) is 0 Å². The number of hydrogen-bond acceptors (Lipinski definition) is 5. The molecular formula is C19H22F3N3O4. The minimum Gasteiger partial charge on any atom is -0.362 e. The summed E-state index contributed by atoms with van der Waals surface area (Å²) < 4.78 is 42.1. The molecular weight excluding hydrogens is 391 g/mol. The summed E-state index contributed by atoms with van der Waals surface area (Å²) in [5, 5.41) is 25.7. The summed E-state index contributed by atoms with van der Waals surface area (Å²) >= 11 is 0. The van der Waals surface area contributed by atoms with Crippen molar-refractivity contribution in [2.24, 2.45) is 22.4 Å². The van der Waals surface area contributed by atoms with Crippen LogP contribution >= 0.6 is 0 Å². The Hall–Kier alpha value is -2.49. The summed E-state index contributed by atoms with van der Waals surface area (Å²) in [5.74, 6) is -2.70. The standard InChI is InChI=1S/C19H22F3N3O4/c1-17(2,3)12-7-8-15-14(10-12)18(27,19(20,21)22)24(23-15)16(26)11-5-4-6-13(9-11)25(28)29/h4-6,9,12,14,27H,7-8,10H2,1-3H3/t12-,14+,18+/m1/s1. The second-order valence-electron chi connectivity index (χ2n) is 8.63. The van der Waals surface area contributed by atoms with Gasteiger partial charge >= 0.3 is 6.18 Å². The largest absolute Gasteiger partial charge is 0.439 e. The van der Waals surface area contributed by atoms with Crippen molar-refractivity contribution in [2.75, 3.05) is 0 Å². The first-order chi connectivity index (χ1) is 13.3. The molecule has 0 unspecified atom stereocenters. The predicted molar refractivity (Wildman–Crippen MR) is 98.0 cm³/mol. The topological polar surface area (TPSA) is 96.0 Å². The highest BCUT2D eigenvalue weighted by Crippen LogP contribution is 2.52. The summed E-state index contributed by atoms with van der Waals surface area (Å²) in [7, 11) is 0. The Morgan fingerprint density at radius 3 is 2.55 bits per heavy atom. The molecule has 158 valence electrons. The number of hydrogen-bond donors (Lipinski definition) is 1. The molecule has 1 aliphatic carbocycles. The Morgan fingerprint density at radius 1 is 1.34 bits per heavy atom. The molecule has 3 atom stereocenters. The zero-order valence-corrected chi connectivity index (χ0v) is 16.2. The van der Waals surface area contributed by atoms with Gasteiger partial charge in [0, 0.05) is 23.4 Å². The first-order valence-electron chi connectivity index (χ1n) is 9.22. The highest BCUT2D eigenvalue weighted by atomic mass is 19.4. The lowest BCUT2D eigenvalue weighted by atomic mass is 9.66. The van der Waals surface area contributed by atoms with E-state index in [-0.39, 0.29) is 40.5 Å². The Bertz CT molecular complexity index is 878. The van der Waals surface area contributed by atoms with E-state index in [4.69, 9.17) is 0 Å². The number of halogens is 3. The maximum absolute atomic E-state index is 14.0. The van der Waals surface area contributed by atoms with Gasteiger partial charge in [-0.05, 0) is 36.7 Å². The van der Waals surface area contributed by atoms with Gasteiger partial charge in [0.2, 0.25) is 0 Å². The minimum atomic E-state index is -5.15. The van der Waals surface area contributed by atoms with Crippen LogP contribution in [0.1, 0.15) is 50.4 Å². The third-order valence-corrected chi connectivity index (χ3v) is 5.85. The smallest absolute Gasteiger partial charge is 0.362 e. The normalized spacial score (nSPS) is 27.4. The summed E-state index contributed by atoms with van der Waals surface area (Å²) in [6, 6.07) is 4.35. The van der Waals surface area contributed by atoms with Crippen molar-refractivity contribution in [3.63, 3.8) is 0 Å². The number of alkyl halides is 3. The number of non-ortho nitro benzene ring substituents is 1. The lowest BCUT2D eigenvalue weighted by molar-refractivity contribution is -0.384. The second kappa shape index (κ2) is 6.79. The molecule has 2 aliphatic rings. The van der Waals surface area contributed by atoms with Gasteiger partial charge in [0.15, 0.2) is 0 Å². The molecule has 7 nitrogen and oxygen atoms in total. The van der Waals surface area contributed by atoms with Crippen LogP contribution in [0.25, 0.3) is 0 Å². The third-order valence-electron chi connectivity index (χ3n) is 5.85. The number of amides is 1. The lowest BCUT2D eigenvalue weighted by Gasteiger charge is -2.42. The molecule has 0 radical (unpaired) electrons. The molecule has 0 bridgehead atoms. The number of benzene rings is 1. The number of fused-ring (bicyclic) bond motifs is 1. The number of nitrogens with zero attached hydrogens (tertiary/aromatic N) is 3. The quantitative estimate of drug-likeness (QED) is 0.583. The Balaban J connectivity index is 2.03. The number of carbonyl (C=O) groups is 1. The number of aliphatic hydroxyl groups is 1. The predicted octanol–water partition coefficient (Wildman–Crippen LogP) is 4.12. The van der Waals surface area contributed by atoms with E-state index < -0.39 is 34.3 Å². The van der Waals surface area contributed by atoms with Crippen molar-refractivity contribution in [1.29, 1.82) is 0 Å². The zero-order chi connectivity index (χ0) is 21.8. The summed E-state index contributed by atoms with van der Waals surface area (Å²) in [5.41, 5.74) is -4.42. The van der Waals surface area contributed by atoms with Gasteiger partial charge in [-0.1, -0.05) is 26.8 Å². The molecule has 1 heterocycles. The zero-order valence-electron chi connectivity index (χ0n) is 16.2. The van der Waals surface area contributed by atoms with Crippen molar-refractivity contribution in [2.45, 2.75) is 51.9 Å². The molecule has 1 fully saturated rings. The minimum absolute atomic E-state index is 0.0388. The van der Waals surface area contributed by atoms with Crippen molar-refractivity contribution in [3.05, 3.63) is 39.9 Å². The van der Waals surface area contributed by atoms with Gasteiger partial charge in [-0.15, -0.1) is 0 Å². The van der Waals surface area contributed by atoms with E-state index in [1.807, 2.05) is 20.8 Å². The van der Waals surface area contributed by atoms with Crippen LogP contribution in [0.5, 0.6) is 0 Å². The fourth-order valence-electron chi connectivity index (χ4n) is 4.08. The number of carbonyl (C=O) groups excluding carboxylic acids is 1. The van der Waals surface area contributed by atoms with Crippen LogP contribution < -0.4 is 0 Å². The SMILES string of the molecule is CC(C)(C)[C@@H]1CCC2=NN(C(=O)c3cccc([N+](=O)[O-])c3)[C@@](O)(C(F)(F)F)[C@H]2C1. The molecule has 1 aliphatic heterocycles. The maximum Gasteiger partial charge on any atom is 0.439 e. The van der Waals surface area contributed by atoms with Gasteiger partial charge in [0.25, 0.3) is 17.3 Å². The molecule has 0 spiro atoms. The Kier molecular flexibility index (Phi) is 4.97. The van der Waals surface area contributed by atoms with Gasteiger partial charge in [-0.3, -0.25) is 14.9 Å². The van der Waals surface area contributed by atoms with E-state index >= 15 is 0 Å². The molecule has 0 saturated heterocycles. The number of nitro groups is 1. The van der Waals surface area contributed by atoms with Crippen molar-refractivity contribution < 1.29 is 28.0 Å². The van der Waals surface area contributed by atoms with E-state index in [1.165, 1.54) is 6.07 Å². The molecule has 1 N–H and O–H groups in total. The highest BCUT2D eigenvalue weighted by Gasteiger charge is 2.69. The molecule has 1 amide bonds. The third kappa shape index (κ3) is 3.50. The van der Waals surface area contributed by atoms with Gasteiger partial charge in [-0.2, -0.15) is 23.3 Å².